The smallest absolute Gasteiger partial charge is 0.337 e. The van der Waals surface area contributed by atoms with E-state index < -0.39 is 30.6 Å². The van der Waals surface area contributed by atoms with E-state index in [0.717, 1.165) is 49.6 Å². The van der Waals surface area contributed by atoms with Crippen LogP contribution in [0.3, 0.4) is 0 Å². The van der Waals surface area contributed by atoms with Crippen molar-refractivity contribution in [2.75, 3.05) is 13.7 Å². The van der Waals surface area contributed by atoms with Crippen LogP contribution in [-0.4, -0.2) is 62.4 Å². The van der Waals surface area contributed by atoms with Gasteiger partial charge in [-0.1, -0.05) is 102 Å². The molecule has 10 atom stereocenters. The normalized spacial score (nSPS) is 33.4. The summed E-state index contributed by atoms with van der Waals surface area (Å²) in [6, 6.07) is 3.37. The third kappa shape index (κ3) is 8.06. The van der Waals surface area contributed by atoms with Crippen molar-refractivity contribution in [3.8, 4) is 0 Å². The van der Waals surface area contributed by atoms with Crippen molar-refractivity contribution in [1.29, 1.82) is 0 Å². The highest BCUT2D eigenvalue weighted by Gasteiger charge is 2.66. The van der Waals surface area contributed by atoms with Gasteiger partial charge < -0.3 is 22.8 Å². The molecule has 2 saturated carbocycles. The van der Waals surface area contributed by atoms with Gasteiger partial charge in [-0.15, -0.1) is 0 Å². The van der Waals surface area contributed by atoms with Crippen molar-refractivity contribution in [2.24, 2.45) is 41.4 Å². The molecule has 0 aromatic rings. The molecule has 306 valence electrons. The van der Waals surface area contributed by atoms with E-state index in [0.29, 0.717) is 22.5 Å². The van der Waals surface area contributed by atoms with Gasteiger partial charge in [0.2, 0.25) is 8.32 Å². The molecule has 0 radical (unpaired) electrons. The Labute approximate surface area is 329 Å². The van der Waals surface area contributed by atoms with E-state index >= 15 is 0 Å². The SMILES string of the molecule is CC[Si](CC)(CC)O[C@H]1[C@@H](C)[C@H](O[Si](C(C)C)(C(C)C)C(C)C)[C@@H]2C=C(C)[C@@H]3C[C@@H]4[C@@H](C(C(=O)OC)=CO[C@@]4(C)CCCO[Si](C)(C)C(C)(C)C)[C@@H]3[C@H]21. The molecular formula is C44H82O6Si3. The van der Waals surface area contributed by atoms with Gasteiger partial charge in [-0.25, -0.2) is 4.79 Å². The molecule has 0 amide bonds. The molecule has 0 N–H and O–H groups in total. The molecular weight excluding hydrogens is 709 g/mol. The number of hydrogen-bond acceptors (Lipinski definition) is 6. The predicted molar refractivity (Wildman–Crippen MR) is 228 cm³/mol. The predicted octanol–water partition coefficient (Wildman–Crippen LogP) is 12.3. The number of methoxy groups -OCH3 is 1. The Morgan fingerprint density at radius 2 is 1.51 bits per heavy atom. The van der Waals surface area contributed by atoms with Crippen LogP contribution < -0.4 is 0 Å². The van der Waals surface area contributed by atoms with Crippen molar-refractivity contribution in [3.05, 3.63) is 23.5 Å². The van der Waals surface area contributed by atoms with Crippen molar-refractivity contribution in [2.45, 2.75) is 194 Å². The average Bonchev–Trinajstić information content (AvgIpc) is 3.60. The van der Waals surface area contributed by atoms with Gasteiger partial charge in [0, 0.05) is 30.3 Å². The molecule has 53 heavy (non-hydrogen) atoms. The second kappa shape index (κ2) is 16.6. The van der Waals surface area contributed by atoms with Gasteiger partial charge in [0.15, 0.2) is 16.6 Å². The molecule has 0 aromatic carbocycles. The van der Waals surface area contributed by atoms with Crippen molar-refractivity contribution < 1.29 is 27.5 Å². The molecule has 0 saturated heterocycles. The Kier molecular flexibility index (Phi) is 14.1. The summed E-state index contributed by atoms with van der Waals surface area (Å²) < 4.78 is 34.6. The quantitative estimate of drug-likeness (QED) is 0.0671. The van der Waals surface area contributed by atoms with Gasteiger partial charge in [-0.05, 0) is 104 Å². The van der Waals surface area contributed by atoms with Crippen LogP contribution in [0.15, 0.2) is 23.5 Å². The van der Waals surface area contributed by atoms with Gasteiger partial charge >= 0.3 is 5.97 Å². The Hall–Kier alpha value is -0.719. The summed E-state index contributed by atoms with van der Waals surface area (Å²) in [5.74, 6) is 1.41. The van der Waals surface area contributed by atoms with E-state index in [1.54, 1.807) is 0 Å². The molecule has 3 aliphatic carbocycles. The summed E-state index contributed by atoms with van der Waals surface area (Å²) in [5.41, 5.74) is 3.32. The topological polar surface area (TPSA) is 63.2 Å². The number of rotatable bonds is 16. The summed E-state index contributed by atoms with van der Waals surface area (Å²) in [6.45, 7) is 41.0. The molecule has 6 nitrogen and oxygen atoms in total. The standard InChI is InChI=1S/C44H82O6Si3/c1-19-52(20-2,21-3)49-41-32(11)40(50-53(28(4)5,29(6)7)30(8)9)34-25-31(10)33-26-36-37(38(33)39(34)41)35(42(45)46-16)27-47-44(36,15)23-22-24-48-51(17,18)43(12,13)14/h25,27-30,32-34,36-41H,19-24,26H2,1-18H3/t32-,33-,34+,36+,37+,38+,39-,40-,41-,44-/m0/s1. The first-order chi connectivity index (χ1) is 24.5. The molecule has 1 heterocycles. The first kappa shape index (κ1) is 45.0. The third-order valence-electron chi connectivity index (χ3n) is 16.0. The maximum atomic E-state index is 13.8. The Morgan fingerprint density at radius 1 is 0.943 bits per heavy atom. The number of hydrogen-bond donors (Lipinski definition) is 0. The highest BCUT2D eigenvalue weighted by Crippen LogP contribution is 2.65. The highest BCUT2D eigenvalue weighted by atomic mass is 28.4. The molecule has 0 bridgehead atoms. The maximum absolute atomic E-state index is 13.8. The number of ether oxygens (including phenoxy) is 2. The Bertz CT molecular complexity index is 1300. The fraction of sp³-hybridized carbons (Fsp3) is 0.886. The molecule has 0 spiro atoms. The fourth-order valence-corrected chi connectivity index (χ4v) is 21.5. The van der Waals surface area contributed by atoms with Gasteiger partial charge in [-0.2, -0.15) is 0 Å². The van der Waals surface area contributed by atoms with Gasteiger partial charge in [0.25, 0.3) is 0 Å². The summed E-state index contributed by atoms with van der Waals surface area (Å²) in [7, 11) is -4.53. The van der Waals surface area contributed by atoms with Gasteiger partial charge in [0.1, 0.15) is 5.60 Å². The lowest BCUT2D eigenvalue weighted by Crippen LogP contribution is -2.52. The zero-order valence-corrected chi connectivity index (χ0v) is 40.5. The first-order valence-electron chi connectivity index (χ1n) is 21.7. The number of carbonyl (C=O) groups is 1. The van der Waals surface area contributed by atoms with E-state index in [-0.39, 0.29) is 58.7 Å². The molecule has 4 aliphatic rings. The average molecular weight is 791 g/mol. The molecule has 1 aliphatic heterocycles. The Balaban J connectivity index is 1.82. The van der Waals surface area contributed by atoms with Crippen LogP contribution >= 0.6 is 0 Å². The maximum Gasteiger partial charge on any atom is 0.337 e. The van der Waals surface area contributed by atoms with Crippen molar-refractivity contribution in [1.82, 2.24) is 0 Å². The van der Waals surface area contributed by atoms with Gasteiger partial charge in [0.05, 0.1) is 31.2 Å². The van der Waals surface area contributed by atoms with Crippen LogP contribution in [0.4, 0.5) is 0 Å². The molecule has 9 heteroatoms. The van der Waals surface area contributed by atoms with Crippen LogP contribution in [0.5, 0.6) is 0 Å². The Morgan fingerprint density at radius 3 is 2.00 bits per heavy atom. The minimum atomic E-state index is -2.21. The summed E-state index contributed by atoms with van der Waals surface area (Å²) in [4.78, 5) is 13.8. The minimum Gasteiger partial charge on any atom is -0.494 e. The molecule has 2 fully saturated rings. The van der Waals surface area contributed by atoms with E-state index in [1.807, 2.05) is 6.26 Å². The van der Waals surface area contributed by atoms with Crippen LogP contribution in [0.25, 0.3) is 0 Å². The third-order valence-corrected chi connectivity index (χ3v) is 31.3. The lowest BCUT2D eigenvalue weighted by atomic mass is 9.63. The van der Waals surface area contributed by atoms with Crippen LogP contribution in [-0.2, 0) is 27.5 Å². The second-order valence-electron chi connectivity index (χ2n) is 20.4. The number of allylic oxidation sites excluding steroid dienone is 1. The zero-order chi connectivity index (χ0) is 40.1. The first-order valence-corrected chi connectivity index (χ1v) is 29.2. The van der Waals surface area contributed by atoms with Crippen LogP contribution in [0.2, 0.25) is 52.9 Å². The molecule has 0 aromatic heterocycles. The lowest BCUT2D eigenvalue weighted by molar-refractivity contribution is -0.140. The van der Waals surface area contributed by atoms with Crippen LogP contribution in [0.1, 0.15) is 123 Å². The van der Waals surface area contributed by atoms with Gasteiger partial charge in [-0.3, -0.25) is 0 Å². The summed E-state index contributed by atoms with van der Waals surface area (Å²) in [6.07, 6.45) is 7.49. The minimum absolute atomic E-state index is 0.0453. The second-order valence-corrected chi connectivity index (χ2v) is 35.3. The highest BCUT2D eigenvalue weighted by molar-refractivity contribution is 6.77. The fourth-order valence-electron chi connectivity index (χ4n) is 11.8. The van der Waals surface area contributed by atoms with E-state index in [9.17, 15) is 4.79 Å². The van der Waals surface area contributed by atoms with Crippen LogP contribution in [0, 0.1) is 41.4 Å². The largest absolute Gasteiger partial charge is 0.494 e. The molecule has 0 unspecified atom stereocenters. The van der Waals surface area contributed by atoms with E-state index in [2.05, 4.69) is 123 Å². The number of carbonyl (C=O) groups excluding carboxylic acids is 1. The number of esters is 1. The zero-order valence-electron chi connectivity index (χ0n) is 37.5. The monoisotopic (exact) mass is 791 g/mol. The number of fused-ring (bicyclic) bond motifs is 5. The molecule has 4 rings (SSSR count). The van der Waals surface area contributed by atoms with E-state index in [1.165, 1.54) is 12.7 Å². The van der Waals surface area contributed by atoms with Crippen molar-refractivity contribution in [3.63, 3.8) is 0 Å². The van der Waals surface area contributed by atoms with Crippen molar-refractivity contribution >= 4 is 30.9 Å². The summed E-state index contributed by atoms with van der Waals surface area (Å²) >= 11 is 0. The summed E-state index contributed by atoms with van der Waals surface area (Å²) in [5, 5.41) is 0.178. The van der Waals surface area contributed by atoms with E-state index in [4.69, 9.17) is 22.8 Å². The lowest BCUT2D eigenvalue weighted by Gasteiger charge is -2.48.